The van der Waals surface area contributed by atoms with E-state index in [1.807, 2.05) is 36.4 Å². The lowest BCUT2D eigenvalue weighted by Gasteiger charge is -2.26. The molecule has 0 fully saturated rings. The van der Waals surface area contributed by atoms with Gasteiger partial charge >= 0.3 is 5.97 Å². The molecule has 2 amide bonds. The summed E-state index contributed by atoms with van der Waals surface area (Å²) < 4.78 is 1.06. The summed E-state index contributed by atoms with van der Waals surface area (Å²) in [4.78, 5) is 48.0. The second-order valence-corrected chi connectivity index (χ2v) is 8.10. The SMILES string of the molecule is O=C(ON1C(=O)c2ccccc2C1=O)C1CC=CCC1c1nc2ccccc2s1. The zero-order chi connectivity index (χ0) is 20.0. The average molecular weight is 404 g/mol. The number of thiazole rings is 1. The van der Waals surface area contributed by atoms with Gasteiger partial charge in [0.25, 0.3) is 11.8 Å². The van der Waals surface area contributed by atoms with E-state index in [9.17, 15) is 14.4 Å². The Bertz CT molecular complexity index is 1110. The minimum atomic E-state index is -0.609. The maximum absolute atomic E-state index is 13.0. The van der Waals surface area contributed by atoms with Gasteiger partial charge in [0.05, 0.1) is 32.3 Å². The maximum atomic E-state index is 13.0. The molecule has 0 saturated heterocycles. The molecule has 144 valence electrons. The summed E-state index contributed by atoms with van der Waals surface area (Å²) in [5, 5.41) is 1.45. The monoisotopic (exact) mass is 404 g/mol. The largest absolute Gasteiger partial charge is 0.337 e. The van der Waals surface area contributed by atoms with Gasteiger partial charge in [-0.05, 0) is 37.1 Å². The molecule has 2 heterocycles. The number of hydrogen-bond donors (Lipinski definition) is 0. The van der Waals surface area contributed by atoms with E-state index in [-0.39, 0.29) is 17.0 Å². The topological polar surface area (TPSA) is 76.6 Å². The molecule has 7 heteroatoms. The van der Waals surface area contributed by atoms with Gasteiger partial charge in [-0.2, -0.15) is 0 Å². The van der Waals surface area contributed by atoms with Gasteiger partial charge in [-0.3, -0.25) is 9.59 Å². The second-order valence-electron chi connectivity index (χ2n) is 7.04. The van der Waals surface area contributed by atoms with Crippen LogP contribution in [0, 0.1) is 5.92 Å². The van der Waals surface area contributed by atoms with E-state index in [0.29, 0.717) is 17.9 Å². The van der Waals surface area contributed by atoms with Gasteiger partial charge in [-0.25, -0.2) is 9.78 Å². The van der Waals surface area contributed by atoms with E-state index < -0.39 is 23.7 Å². The lowest BCUT2D eigenvalue weighted by molar-refractivity contribution is -0.174. The van der Waals surface area contributed by atoms with Crippen LogP contribution >= 0.6 is 11.3 Å². The fourth-order valence-electron chi connectivity index (χ4n) is 3.80. The zero-order valence-corrected chi connectivity index (χ0v) is 16.1. The standard InChI is InChI=1S/C22H16N2O4S/c25-20-14-8-2-3-9-15(14)21(26)24(20)28-22(27)16-10-4-1-7-13(16)19-23-17-11-5-6-12-18(17)29-19/h1-6,8-9,11-13,16H,7,10H2. The summed E-state index contributed by atoms with van der Waals surface area (Å²) in [7, 11) is 0. The van der Waals surface area contributed by atoms with Crippen LogP contribution in [0.15, 0.2) is 60.7 Å². The zero-order valence-electron chi connectivity index (χ0n) is 15.3. The van der Waals surface area contributed by atoms with Gasteiger partial charge in [0.1, 0.15) is 0 Å². The van der Waals surface area contributed by atoms with Crippen molar-refractivity contribution in [2.45, 2.75) is 18.8 Å². The van der Waals surface area contributed by atoms with Gasteiger partial charge in [-0.1, -0.05) is 41.5 Å². The van der Waals surface area contributed by atoms with Crippen molar-refractivity contribution in [2.24, 2.45) is 5.92 Å². The Balaban J connectivity index is 1.40. The highest BCUT2D eigenvalue weighted by Crippen LogP contribution is 2.39. The number of hydrogen-bond acceptors (Lipinski definition) is 6. The van der Waals surface area contributed by atoms with Gasteiger partial charge < -0.3 is 4.84 Å². The number of imide groups is 1. The molecule has 1 aliphatic heterocycles. The van der Waals surface area contributed by atoms with E-state index in [0.717, 1.165) is 15.2 Å². The lowest BCUT2D eigenvalue weighted by atomic mass is 9.83. The van der Waals surface area contributed by atoms with Crippen molar-refractivity contribution >= 4 is 39.3 Å². The summed E-state index contributed by atoms with van der Waals surface area (Å²) in [6.45, 7) is 0. The van der Waals surface area contributed by atoms with Crippen LogP contribution < -0.4 is 0 Å². The first kappa shape index (κ1) is 17.8. The number of aromatic nitrogens is 1. The van der Waals surface area contributed by atoms with Crippen molar-refractivity contribution in [3.8, 4) is 0 Å². The van der Waals surface area contributed by atoms with E-state index >= 15 is 0 Å². The number of benzene rings is 2. The number of hydroxylamine groups is 2. The molecule has 0 spiro atoms. The smallest absolute Gasteiger partial charge is 0.329 e. The number of fused-ring (bicyclic) bond motifs is 2. The van der Waals surface area contributed by atoms with Crippen LogP contribution in [-0.4, -0.2) is 27.8 Å². The molecule has 29 heavy (non-hydrogen) atoms. The highest BCUT2D eigenvalue weighted by Gasteiger charge is 2.41. The molecule has 2 aromatic carbocycles. The van der Waals surface area contributed by atoms with Gasteiger partial charge in [0.15, 0.2) is 0 Å². The number of allylic oxidation sites excluding steroid dienone is 2. The summed E-state index contributed by atoms with van der Waals surface area (Å²) in [6, 6.07) is 14.3. The van der Waals surface area contributed by atoms with Crippen molar-refractivity contribution in [1.29, 1.82) is 0 Å². The number of para-hydroxylation sites is 1. The van der Waals surface area contributed by atoms with Crippen LogP contribution in [0.1, 0.15) is 44.5 Å². The average Bonchev–Trinajstić information content (AvgIpc) is 3.29. The maximum Gasteiger partial charge on any atom is 0.337 e. The molecular formula is C22H16N2O4S. The van der Waals surface area contributed by atoms with E-state index in [1.165, 1.54) is 0 Å². The third-order valence-electron chi connectivity index (χ3n) is 5.30. The minimum Gasteiger partial charge on any atom is -0.329 e. The Kier molecular flexibility index (Phi) is 4.24. The molecule has 0 N–H and O–H groups in total. The molecule has 6 nitrogen and oxygen atoms in total. The molecule has 5 rings (SSSR count). The predicted molar refractivity (Wildman–Crippen MR) is 107 cm³/mol. The van der Waals surface area contributed by atoms with Crippen LogP contribution in [0.25, 0.3) is 10.2 Å². The Labute approximate surface area is 170 Å². The molecule has 1 aliphatic carbocycles. The molecule has 0 radical (unpaired) electrons. The molecule has 1 aromatic heterocycles. The molecule has 2 aliphatic rings. The van der Waals surface area contributed by atoms with Gasteiger partial charge in [-0.15, -0.1) is 11.3 Å². The summed E-state index contributed by atoms with van der Waals surface area (Å²) >= 11 is 1.56. The summed E-state index contributed by atoms with van der Waals surface area (Å²) in [6.07, 6.45) is 5.09. The fraction of sp³-hybridized carbons (Fsp3) is 0.182. The quantitative estimate of drug-likeness (QED) is 0.485. The normalized spacial score (nSPS) is 20.9. The number of carbonyl (C=O) groups is 3. The predicted octanol–water partition coefficient (Wildman–Crippen LogP) is 4.10. The van der Waals surface area contributed by atoms with Crippen molar-refractivity contribution < 1.29 is 19.2 Å². The fourth-order valence-corrected chi connectivity index (χ4v) is 4.95. The van der Waals surface area contributed by atoms with Crippen LogP contribution in [-0.2, 0) is 9.63 Å². The molecular weight excluding hydrogens is 388 g/mol. The minimum absolute atomic E-state index is 0.153. The Hall–Kier alpha value is -3.32. The van der Waals surface area contributed by atoms with Crippen LogP contribution in [0.4, 0.5) is 0 Å². The molecule has 3 aromatic rings. The molecule has 2 unspecified atom stereocenters. The summed E-state index contributed by atoms with van der Waals surface area (Å²) in [5.41, 5.74) is 1.39. The first-order chi connectivity index (χ1) is 14.1. The van der Waals surface area contributed by atoms with Crippen LogP contribution in [0.3, 0.4) is 0 Å². The van der Waals surface area contributed by atoms with Crippen molar-refractivity contribution in [3.05, 3.63) is 76.8 Å². The number of amides is 2. The number of rotatable bonds is 3. The highest BCUT2D eigenvalue weighted by molar-refractivity contribution is 7.18. The second kappa shape index (κ2) is 6.93. The van der Waals surface area contributed by atoms with Crippen molar-refractivity contribution in [3.63, 3.8) is 0 Å². The van der Waals surface area contributed by atoms with Crippen LogP contribution in [0.5, 0.6) is 0 Å². The Morgan fingerprint density at radius 2 is 1.62 bits per heavy atom. The van der Waals surface area contributed by atoms with E-state index in [2.05, 4.69) is 0 Å². The molecule has 0 bridgehead atoms. The molecule has 2 atom stereocenters. The van der Waals surface area contributed by atoms with Crippen molar-refractivity contribution in [1.82, 2.24) is 10.0 Å². The van der Waals surface area contributed by atoms with Crippen LogP contribution in [0.2, 0.25) is 0 Å². The Morgan fingerprint density at radius 1 is 0.966 bits per heavy atom. The Morgan fingerprint density at radius 3 is 2.34 bits per heavy atom. The van der Waals surface area contributed by atoms with E-state index in [4.69, 9.17) is 9.82 Å². The lowest BCUT2D eigenvalue weighted by Crippen LogP contribution is -2.37. The third-order valence-corrected chi connectivity index (χ3v) is 6.47. The first-order valence-corrected chi connectivity index (χ1v) is 10.1. The first-order valence-electron chi connectivity index (χ1n) is 9.33. The third kappa shape index (κ3) is 2.94. The number of nitrogens with zero attached hydrogens (tertiary/aromatic N) is 2. The summed E-state index contributed by atoms with van der Waals surface area (Å²) in [5.74, 6) is -2.47. The van der Waals surface area contributed by atoms with Gasteiger partial charge in [0, 0.05) is 5.92 Å². The van der Waals surface area contributed by atoms with E-state index in [1.54, 1.807) is 35.6 Å². The van der Waals surface area contributed by atoms with Crippen molar-refractivity contribution in [2.75, 3.05) is 0 Å². The van der Waals surface area contributed by atoms with Gasteiger partial charge in [0.2, 0.25) is 0 Å². The highest BCUT2D eigenvalue weighted by atomic mass is 32.1. The molecule has 0 saturated carbocycles. The number of carbonyl (C=O) groups excluding carboxylic acids is 3.